The smallest absolute Gasteiger partial charge is 0.116 e. The van der Waals surface area contributed by atoms with Crippen molar-refractivity contribution >= 4 is 0 Å². The van der Waals surface area contributed by atoms with Gasteiger partial charge in [0.15, 0.2) is 0 Å². The third kappa shape index (κ3) is 41.5. The summed E-state index contributed by atoms with van der Waals surface area (Å²) >= 11 is 0. The van der Waals surface area contributed by atoms with Crippen LogP contribution in [0.25, 0.3) is 0 Å². The summed E-state index contributed by atoms with van der Waals surface area (Å²) in [6, 6.07) is 0. The minimum absolute atomic E-state index is 0.109. The maximum Gasteiger partial charge on any atom is 0.116 e. The first-order valence-electron chi connectivity index (χ1n) is 28.5. The van der Waals surface area contributed by atoms with Gasteiger partial charge in [-0.15, -0.1) is 0 Å². The van der Waals surface area contributed by atoms with E-state index in [1.165, 1.54) is 0 Å². The fraction of sp³-hybridized carbons (Fsp3) is 1.00. The van der Waals surface area contributed by atoms with Gasteiger partial charge in [-0.2, -0.15) is 0 Å². The van der Waals surface area contributed by atoms with Gasteiger partial charge < -0.3 is 62.6 Å². The van der Waals surface area contributed by atoms with Crippen LogP contribution in [-0.4, -0.2) is 145 Å². The molecule has 4 atom stereocenters. The number of hydrogen-bond donors (Lipinski definition) is 1. The van der Waals surface area contributed by atoms with Gasteiger partial charge in [-0.1, -0.05) is 6.92 Å². The van der Waals surface area contributed by atoms with E-state index in [2.05, 4.69) is 187 Å². The van der Waals surface area contributed by atoms with Crippen LogP contribution in [0.15, 0.2) is 0 Å². The summed E-state index contributed by atoms with van der Waals surface area (Å²) < 4.78 is 77.3. The van der Waals surface area contributed by atoms with Crippen molar-refractivity contribution in [3.8, 4) is 0 Å². The Balaban J connectivity index is 5.61. The first kappa shape index (κ1) is 73.5. The van der Waals surface area contributed by atoms with Gasteiger partial charge in [-0.3, -0.25) is 0 Å². The second kappa shape index (κ2) is 30.3. The SMILES string of the molecule is CCC(COC(C)(C)CCOC(C)(C)CC(COC(C)(C)CCOC(C)(C)C)OC(C)(C)CCOC(C)(C)C)OC(C)(C)CCOC(C)(N)CC(COC(C)(C)CCOC(C)(C)C)OC(C)(C)CCOC(C)(C)C. The van der Waals surface area contributed by atoms with E-state index in [4.69, 9.17) is 62.6 Å². The van der Waals surface area contributed by atoms with Crippen LogP contribution in [0.2, 0.25) is 0 Å². The summed E-state index contributed by atoms with van der Waals surface area (Å²) in [6.45, 7) is 63.1. The van der Waals surface area contributed by atoms with E-state index in [-0.39, 0.29) is 46.3 Å². The highest BCUT2D eigenvalue weighted by Gasteiger charge is 2.36. The number of ether oxygens (including phenoxy) is 12. The van der Waals surface area contributed by atoms with Gasteiger partial charge >= 0.3 is 0 Å². The first-order valence-corrected chi connectivity index (χ1v) is 28.5. The molecule has 13 nitrogen and oxygen atoms in total. The average molecular weight is 1060 g/mol. The van der Waals surface area contributed by atoms with Crippen molar-refractivity contribution in [2.24, 2.45) is 5.73 Å². The van der Waals surface area contributed by atoms with Crippen molar-refractivity contribution in [1.82, 2.24) is 0 Å². The third-order valence-electron chi connectivity index (χ3n) is 12.5. The molecular weight excluding hydrogens is 939 g/mol. The van der Waals surface area contributed by atoms with Crippen molar-refractivity contribution in [2.45, 2.75) is 337 Å². The molecule has 0 aromatic heterocycles. The molecule has 0 aliphatic rings. The zero-order valence-corrected chi connectivity index (χ0v) is 53.9. The maximum atomic E-state index is 6.92. The predicted octanol–water partition coefficient (Wildman–Crippen LogP) is 14.1. The highest BCUT2D eigenvalue weighted by atomic mass is 16.6. The van der Waals surface area contributed by atoms with Gasteiger partial charge in [0.1, 0.15) is 5.72 Å². The minimum atomic E-state index is -0.979. The van der Waals surface area contributed by atoms with E-state index in [9.17, 15) is 0 Å². The summed E-state index contributed by atoms with van der Waals surface area (Å²) in [6.07, 6.45) is 5.60. The summed E-state index contributed by atoms with van der Waals surface area (Å²) in [7, 11) is 0. The van der Waals surface area contributed by atoms with Crippen molar-refractivity contribution in [3.63, 3.8) is 0 Å². The van der Waals surface area contributed by atoms with Crippen LogP contribution in [0.1, 0.15) is 252 Å². The molecule has 0 bridgehead atoms. The molecule has 0 saturated carbocycles. The van der Waals surface area contributed by atoms with Gasteiger partial charge in [0.25, 0.3) is 0 Å². The Bertz CT molecular complexity index is 1490. The van der Waals surface area contributed by atoms with Crippen LogP contribution < -0.4 is 5.73 Å². The summed E-state index contributed by atoms with van der Waals surface area (Å²) in [5.41, 5.74) is 1.96. The predicted molar refractivity (Wildman–Crippen MR) is 306 cm³/mol. The Morgan fingerprint density at radius 3 is 0.811 bits per heavy atom. The Morgan fingerprint density at radius 1 is 0.270 bits per heavy atom. The lowest BCUT2D eigenvalue weighted by Gasteiger charge is -2.38. The monoisotopic (exact) mass is 1060 g/mol. The van der Waals surface area contributed by atoms with E-state index >= 15 is 0 Å². The Morgan fingerprint density at radius 2 is 0.514 bits per heavy atom. The molecule has 0 radical (unpaired) electrons. The standard InChI is InChI=1S/C61H125NO12/c1-29-47(72-57(20,21)35-41-68-61(28,62)43-49(74-59(24,25)34-39-66-53(11,12)13)46-71-55(16,17)31-37-64-51(5,6)7)44-69-56(18,19)32-40-67-60(26,27)42-48(73-58(22,23)33-38-65-52(8,9)10)45-70-54(14,15)30-36-63-50(2,3)4/h47-49H,29-46,62H2,1-28H3. The molecule has 0 amide bonds. The zero-order chi connectivity index (χ0) is 57.9. The lowest BCUT2D eigenvalue weighted by atomic mass is 9.98. The quantitative estimate of drug-likeness (QED) is 0.0584. The van der Waals surface area contributed by atoms with E-state index < -0.39 is 39.3 Å². The molecule has 0 aromatic carbocycles. The molecule has 0 saturated heterocycles. The molecule has 74 heavy (non-hydrogen) atoms. The average Bonchev–Trinajstić information content (AvgIpc) is 3.14. The number of hydrogen-bond acceptors (Lipinski definition) is 13. The maximum absolute atomic E-state index is 6.92. The van der Waals surface area contributed by atoms with Crippen LogP contribution in [0, 0.1) is 0 Å². The Kier molecular flexibility index (Phi) is 30.1. The van der Waals surface area contributed by atoms with Crippen LogP contribution in [-0.2, 0) is 56.8 Å². The van der Waals surface area contributed by atoms with Crippen molar-refractivity contribution in [3.05, 3.63) is 0 Å². The molecule has 0 aliphatic carbocycles. The number of rotatable bonds is 40. The fourth-order valence-corrected chi connectivity index (χ4v) is 7.84. The normalized spacial score (nSPS) is 16.7. The molecule has 2 N–H and O–H groups in total. The Labute approximate surface area is 457 Å². The minimum Gasteiger partial charge on any atom is -0.376 e. The van der Waals surface area contributed by atoms with Crippen molar-refractivity contribution < 1.29 is 56.8 Å². The highest BCUT2D eigenvalue weighted by Crippen LogP contribution is 2.31. The van der Waals surface area contributed by atoms with Gasteiger partial charge in [0.05, 0.1) is 113 Å². The highest BCUT2D eigenvalue weighted by molar-refractivity contribution is 4.84. The zero-order valence-electron chi connectivity index (χ0n) is 53.9. The molecule has 0 heterocycles. The Hall–Kier alpha value is -0.520. The third-order valence-corrected chi connectivity index (χ3v) is 12.5. The van der Waals surface area contributed by atoms with Gasteiger partial charge in [-0.25, -0.2) is 0 Å². The van der Waals surface area contributed by atoms with E-state index in [0.29, 0.717) is 85.1 Å². The van der Waals surface area contributed by atoms with Crippen LogP contribution >= 0.6 is 0 Å². The van der Waals surface area contributed by atoms with E-state index in [1.807, 2.05) is 6.92 Å². The first-order chi connectivity index (χ1) is 33.0. The second-order valence-corrected chi connectivity index (χ2v) is 29.6. The lowest BCUT2D eigenvalue weighted by molar-refractivity contribution is -0.174. The molecule has 0 aliphatic heterocycles. The largest absolute Gasteiger partial charge is 0.376 e. The molecular formula is C61H125NO12. The summed E-state index contributed by atoms with van der Waals surface area (Å²) in [5.74, 6) is 0. The molecule has 0 rings (SSSR count). The van der Waals surface area contributed by atoms with Gasteiger partial charge in [-0.05, 0) is 232 Å². The molecule has 4 unspecified atom stereocenters. The molecule has 0 spiro atoms. The fourth-order valence-electron chi connectivity index (χ4n) is 7.84. The summed E-state index contributed by atoms with van der Waals surface area (Å²) in [4.78, 5) is 0. The number of nitrogens with two attached hydrogens (primary N) is 1. The van der Waals surface area contributed by atoms with Crippen LogP contribution in [0.4, 0.5) is 0 Å². The lowest BCUT2D eigenvalue weighted by Crippen LogP contribution is -2.48. The van der Waals surface area contributed by atoms with Gasteiger partial charge in [0, 0.05) is 39.3 Å². The van der Waals surface area contributed by atoms with Gasteiger partial charge in [0.2, 0.25) is 0 Å². The van der Waals surface area contributed by atoms with Crippen LogP contribution in [0.3, 0.4) is 0 Å². The van der Waals surface area contributed by atoms with Crippen molar-refractivity contribution in [2.75, 3.05) is 59.5 Å². The topological polar surface area (TPSA) is 137 Å². The van der Waals surface area contributed by atoms with Crippen LogP contribution in [0.5, 0.6) is 0 Å². The van der Waals surface area contributed by atoms with E-state index in [1.54, 1.807) is 0 Å². The van der Waals surface area contributed by atoms with E-state index in [0.717, 1.165) is 32.1 Å². The second-order valence-electron chi connectivity index (χ2n) is 29.6. The molecule has 0 aromatic rings. The van der Waals surface area contributed by atoms with Crippen molar-refractivity contribution in [1.29, 1.82) is 0 Å². The molecule has 0 fully saturated rings. The molecule has 13 heteroatoms. The summed E-state index contributed by atoms with van der Waals surface area (Å²) in [5, 5.41) is 0. The molecule has 446 valence electrons.